The van der Waals surface area contributed by atoms with Crippen molar-refractivity contribution in [1.82, 2.24) is 9.78 Å². The number of halogens is 1. The Hall–Kier alpha value is -1.52. The second-order valence-corrected chi connectivity index (χ2v) is 4.94. The van der Waals surface area contributed by atoms with Gasteiger partial charge in [-0.05, 0) is 32.4 Å². The highest BCUT2D eigenvalue weighted by atomic mass is 35.5. The maximum atomic E-state index is 6.22. The molecular formula is C14H18ClN3O. The highest BCUT2D eigenvalue weighted by Gasteiger charge is 2.11. The summed E-state index contributed by atoms with van der Waals surface area (Å²) in [5.41, 5.74) is 6.78. The normalized spacial score (nSPS) is 12.4. The van der Waals surface area contributed by atoms with Crippen LogP contribution in [0, 0.1) is 0 Å². The van der Waals surface area contributed by atoms with Gasteiger partial charge in [-0.1, -0.05) is 17.7 Å². The molecular weight excluding hydrogens is 262 g/mol. The zero-order valence-corrected chi connectivity index (χ0v) is 11.9. The zero-order chi connectivity index (χ0) is 13.8. The Kier molecular flexibility index (Phi) is 4.45. The van der Waals surface area contributed by atoms with Gasteiger partial charge in [0.1, 0.15) is 5.75 Å². The van der Waals surface area contributed by atoms with Crippen molar-refractivity contribution in [2.24, 2.45) is 5.73 Å². The van der Waals surface area contributed by atoms with E-state index in [9.17, 15) is 0 Å². The molecule has 0 aliphatic heterocycles. The van der Waals surface area contributed by atoms with Crippen LogP contribution in [0.15, 0.2) is 30.6 Å². The van der Waals surface area contributed by atoms with E-state index in [4.69, 9.17) is 22.1 Å². The molecule has 2 aromatic rings. The van der Waals surface area contributed by atoms with Crippen molar-refractivity contribution in [3.05, 3.63) is 41.2 Å². The fourth-order valence-corrected chi connectivity index (χ4v) is 2.09. The number of benzene rings is 1. The van der Waals surface area contributed by atoms with Crippen LogP contribution in [0.3, 0.4) is 0 Å². The van der Waals surface area contributed by atoms with Crippen LogP contribution in [0.5, 0.6) is 11.5 Å². The van der Waals surface area contributed by atoms with E-state index < -0.39 is 0 Å². The zero-order valence-electron chi connectivity index (χ0n) is 11.1. The van der Waals surface area contributed by atoms with Gasteiger partial charge in [0.2, 0.25) is 0 Å². The third-order valence-corrected chi connectivity index (χ3v) is 3.12. The standard InChI is InChI=1S/C14H18ClN3O/c1-3-18-9-11(8-17-18)19-14-6-4-5-13(15)12(14)7-10(2)16/h4-6,8-10H,3,7,16H2,1-2H3. The molecule has 1 aromatic carbocycles. The molecule has 0 bridgehead atoms. The van der Waals surface area contributed by atoms with Gasteiger partial charge >= 0.3 is 0 Å². The minimum absolute atomic E-state index is 0.0283. The summed E-state index contributed by atoms with van der Waals surface area (Å²) < 4.78 is 7.66. The highest BCUT2D eigenvalue weighted by molar-refractivity contribution is 6.31. The summed E-state index contributed by atoms with van der Waals surface area (Å²) in [5, 5.41) is 4.86. The first kappa shape index (κ1) is 13.9. The van der Waals surface area contributed by atoms with E-state index in [-0.39, 0.29) is 6.04 Å². The Morgan fingerprint density at radius 3 is 2.89 bits per heavy atom. The van der Waals surface area contributed by atoms with Crippen molar-refractivity contribution >= 4 is 11.6 Å². The van der Waals surface area contributed by atoms with Crippen LogP contribution in [-0.2, 0) is 13.0 Å². The summed E-state index contributed by atoms with van der Waals surface area (Å²) in [6, 6.07) is 5.64. The fraction of sp³-hybridized carbons (Fsp3) is 0.357. The average Bonchev–Trinajstić information content (AvgIpc) is 2.81. The molecule has 0 radical (unpaired) electrons. The summed E-state index contributed by atoms with van der Waals surface area (Å²) in [7, 11) is 0. The first-order valence-corrected chi connectivity index (χ1v) is 6.71. The van der Waals surface area contributed by atoms with E-state index in [0.717, 1.165) is 17.9 Å². The van der Waals surface area contributed by atoms with Crippen LogP contribution in [0.25, 0.3) is 0 Å². The first-order chi connectivity index (χ1) is 9.10. The summed E-state index contributed by atoms with van der Waals surface area (Å²) in [4.78, 5) is 0. The number of hydrogen-bond acceptors (Lipinski definition) is 3. The summed E-state index contributed by atoms with van der Waals surface area (Å²) in [5.74, 6) is 1.44. The maximum Gasteiger partial charge on any atom is 0.165 e. The molecule has 1 atom stereocenters. The number of rotatable bonds is 5. The number of aromatic nitrogens is 2. The summed E-state index contributed by atoms with van der Waals surface area (Å²) in [6.45, 7) is 4.78. The molecule has 5 heteroatoms. The molecule has 19 heavy (non-hydrogen) atoms. The lowest BCUT2D eigenvalue weighted by Gasteiger charge is -2.13. The maximum absolute atomic E-state index is 6.22. The Morgan fingerprint density at radius 1 is 1.47 bits per heavy atom. The molecule has 102 valence electrons. The minimum atomic E-state index is 0.0283. The predicted molar refractivity (Wildman–Crippen MR) is 76.8 cm³/mol. The van der Waals surface area contributed by atoms with Gasteiger partial charge in [-0.15, -0.1) is 0 Å². The van der Waals surface area contributed by atoms with Gasteiger partial charge in [0.25, 0.3) is 0 Å². The molecule has 0 spiro atoms. The van der Waals surface area contributed by atoms with E-state index in [0.29, 0.717) is 17.2 Å². The molecule has 4 nitrogen and oxygen atoms in total. The van der Waals surface area contributed by atoms with Crippen molar-refractivity contribution in [3.63, 3.8) is 0 Å². The topological polar surface area (TPSA) is 53.1 Å². The van der Waals surface area contributed by atoms with E-state index in [2.05, 4.69) is 5.10 Å². The quantitative estimate of drug-likeness (QED) is 0.914. The van der Waals surface area contributed by atoms with E-state index in [1.54, 1.807) is 6.20 Å². The lowest BCUT2D eigenvalue weighted by molar-refractivity contribution is 0.472. The van der Waals surface area contributed by atoms with Crippen LogP contribution in [-0.4, -0.2) is 15.8 Å². The van der Waals surface area contributed by atoms with Gasteiger partial charge in [-0.3, -0.25) is 4.68 Å². The van der Waals surface area contributed by atoms with Gasteiger partial charge in [-0.25, -0.2) is 0 Å². The van der Waals surface area contributed by atoms with Crippen LogP contribution in [0.1, 0.15) is 19.4 Å². The molecule has 2 rings (SSSR count). The third-order valence-electron chi connectivity index (χ3n) is 2.76. The van der Waals surface area contributed by atoms with Crippen molar-refractivity contribution in [2.45, 2.75) is 32.9 Å². The molecule has 0 saturated carbocycles. The number of nitrogens with two attached hydrogens (primary N) is 1. The number of nitrogens with zero attached hydrogens (tertiary/aromatic N) is 2. The van der Waals surface area contributed by atoms with Crippen LogP contribution in [0.4, 0.5) is 0 Å². The second kappa shape index (κ2) is 6.08. The van der Waals surface area contributed by atoms with Crippen LogP contribution in [0.2, 0.25) is 5.02 Å². The Labute approximate surface area is 118 Å². The summed E-state index contributed by atoms with van der Waals surface area (Å²) >= 11 is 6.22. The number of ether oxygens (including phenoxy) is 1. The molecule has 1 unspecified atom stereocenters. The van der Waals surface area contributed by atoms with Crippen LogP contribution >= 0.6 is 11.6 Å². The largest absolute Gasteiger partial charge is 0.454 e. The molecule has 0 fully saturated rings. The van der Waals surface area contributed by atoms with Gasteiger partial charge in [0.15, 0.2) is 5.75 Å². The lowest BCUT2D eigenvalue weighted by atomic mass is 10.1. The highest BCUT2D eigenvalue weighted by Crippen LogP contribution is 2.31. The van der Waals surface area contributed by atoms with Crippen LogP contribution < -0.4 is 10.5 Å². The molecule has 1 heterocycles. The van der Waals surface area contributed by atoms with Crippen molar-refractivity contribution in [3.8, 4) is 11.5 Å². The molecule has 2 N–H and O–H groups in total. The fourth-order valence-electron chi connectivity index (χ4n) is 1.85. The second-order valence-electron chi connectivity index (χ2n) is 4.53. The average molecular weight is 280 g/mol. The smallest absolute Gasteiger partial charge is 0.165 e. The first-order valence-electron chi connectivity index (χ1n) is 6.33. The Bertz CT molecular complexity index is 551. The van der Waals surface area contributed by atoms with Crippen molar-refractivity contribution in [1.29, 1.82) is 0 Å². The molecule has 0 aliphatic rings. The minimum Gasteiger partial charge on any atom is -0.454 e. The molecule has 1 aromatic heterocycles. The lowest BCUT2D eigenvalue weighted by Crippen LogP contribution is -2.18. The van der Waals surface area contributed by atoms with E-state index >= 15 is 0 Å². The van der Waals surface area contributed by atoms with Gasteiger partial charge < -0.3 is 10.5 Å². The van der Waals surface area contributed by atoms with E-state index in [1.165, 1.54) is 0 Å². The van der Waals surface area contributed by atoms with E-state index in [1.807, 2.05) is 42.9 Å². The predicted octanol–water partition coefficient (Wildman–Crippen LogP) is 3.24. The third kappa shape index (κ3) is 3.49. The Morgan fingerprint density at radius 2 is 2.26 bits per heavy atom. The molecule has 0 saturated heterocycles. The molecule has 0 aliphatic carbocycles. The number of hydrogen-bond donors (Lipinski definition) is 1. The Balaban J connectivity index is 2.26. The van der Waals surface area contributed by atoms with Gasteiger partial charge in [-0.2, -0.15) is 5.10 Å². The molecule has 0 amide bonds. The van der Waals surface area contributed by atoms with Gasteiger partial charge in [0.05, 0.1) is 12.4 Å². The van der Waals surface area contributed by atoms with Crippen molar-refractivity contribution < 1.29 is 4.74 Å². The summed E-state index contributed by atoms with van der Waals surface area (Å²) in [6.07, 6.45) is 4.23. The number of aryl methyl sites for hydroxylation is 1. The van der Waals surface area contributed by atoms with Crippen molar-refractivity contribution in [2.75, 3.05) is 0 Å². The van der Waals surface area contributed by atoms with Gasteiger partial charge in [0, 0.05) is 23.2 Å². The SMILES string of the molecule is CCn1cc(Oc2cccc(Cl)c2CC(C)N)cn1. The monoisotopic (exact) mass is 279 g/mol.